The maximum Gasteiger partial charge on any atom is 0.255 e. The van der Waals surface area contributed by atoms with Crippen LogP contribution in [0.15, 0.2) is 36.4 Å². The summed E-state index contributed by atoms with van der Waals surface area (Å²) >= 11 is 0. The van der Waals surface area contributed by atoms with E-state index >= 15 is 0 Å². The molecule has 2 aromatic carbocycles. The van der Waals surface area contributed by atoms with Crippen molar-refractivity contribution in [1.29, 1.82) is 0 Å². The van der Waals surface area contributed by atoms with E-state index in [9.17, 15) is 4.79 Å². The van der Waals surface area contributed by atoms with E-state index in [2.05, 4.69) is 10.2 Å². The molecule has 0 spiro atoms. The van der Waals surface area contributed by atoms with Crippen molar-refractivity contribution < 1.29 is 14.3 Å². The van der Waals surface area contributed by atoms with E-state index in [1.807, 2.05) is 36.4 Å². The number of rotatable bonds is 3. The lowest BCUT2D eigenvalue weighted by molar-refractivity contribution is 0.0925. The average molecular weight is 339 g/mol. The van der Waals surface area contributed by atoms with Crippen LogP contribution in [0.2, 0.25) is 0 Å². The SMILES string of the molecule is COc1ccc([C@@H]2NC(=O)c3cccc4c3N2CC[C@H]4N)cc1OC. The predicted molar refractivity (Wildman–Crippen MR) is 95.1 cm³/mol. The molecule has 0 saturated heterocycles. The lowest BCUT2D eigenvalue weighted by Gasteiger charge is -2.44. The number of anilines is 1. The predicted octanol–water partition coefficient (Wildman–Crippen LogP) is 2.36. The number of nitrogens with one attached hydrogen (secondary N) is 1. The fourth-order valence-electron chi connectivity index (χ4n) is 3.73. The molecule has 1 amide bonds. The minimum Gasteiger partial charge on any atom is -0.493 e. The maximum absolute atomic E-state index is 12.7. The van der Waals surface area contributed by atoms with E-state index in [4.69, 9.17) is 15.2 Å². The molecule has 2 heterocycles. The highest BCUT2D eigenvalue weighted by Crippen LogP contribution is 2.43. The molecule has 25 heavy (non-hydrogen) atoms. The topological polar surface area (TPSA) is 76.8 Å². The molecule has 2 aliphatic heterocycles. The number of para-hydroxylation sites is 1. The summed E-state index contributed by atoms with van der Waals surface area (Å²) in [5, 5.41) is 3.10. The number of carbonyl (C=O) groups excluding carboxylic acids is 1. The number of hydrogen-bond donors (Lipinski definition) is 2. The minimum absolute atomic E-state index is 0.0387. The molecule has 2 atom stereocenters. The summed E-state index contributed by atoms with van der Waals surface area (Å²) in [5.74, 6) is 1.22. The first kappa shape index (κ1) is 15.8. The van der Waals surface area contributed by atoms with Crippen LogP contribution in [0.3, 0.4) is 0 Å². The third-order valence-corrected chi connectivity index (χ3v) is 4.98. The van der Waals surface area contributed by atoms with Crippen molar-refractivity contribution >= 4 is 11.6 Å². The zero-order valence-corrected chi connectivity index (χ0v) is 14.3. The van der Waals surface area contributed by atoms with E-state index in [1.54, 1.807) is 14.2 Å². The maximum atomic E-state index is 12.7. The number of amides is 1. The van der Waals surface area contributed by atoms with Gasteiger partial charge >= 0.3 is 0 Å². The van der Waals surface area contributed by atoms with Crippen molar-refractivity contribution in [2.24, 2.45) is 5.73 Å². The molecule has 0 radical (unpaired) electrons. The highest BCUT2D eigenvalue weighted by molar-refractivity contribution is 6.03. The zero-order chi connectivity index (χ0) is 17.6. The van der Waals surface area contributed by atoms with Crippen molar-refractivity contribution in [3.05, 3.63) is 53.1 Å². The Bertz CT molecular complexity index is 837. The Balaban J connectivity index is 1.82. The molecule has 2 aliphatic rings. The Morgan fingerprint density at radius 2 is 1.96 bits per heavy atom. The van der Waals surface area contributed by atoms with Crippen molar-refractivity contribution in [3.8, 4) is 11.5 Å². The molecule has 0 unspecified atom stereocenters. The quantitative estimate of drug-likeness (QED) is 0.898. The zero-order valence-electron chi connectivity index (χ0n) is 14.3. The van der Waals surface area contributed by atoms with Crippen LogP contribution in [0, 0.1) is 0 Å². The van der Waals surface area contributed by atoms with Crippen LogP contribution in [0.1, 0.15) is 40.1 Å². The molecule has 0 aromatic heterocycles. The Kier molecular flexibility index (Phi) is 3.77. The van der Waals surface area contributed by atoms with Crippen molar-refractivity contribution in [2.45, 2.75) is 18.6 Å². The standard InChI is InChI=1S/C19H21N3O3/c1-24-15-7-6-11(10-16(15)25-2)18-21-19(23)13-5-3-4-12-14(20)8-9-22(18)17(12)13/h3-7,10,14,18H,8-9,20H2,1-2H3,(H,21,23)/t14-,18-/m1/s1. The molecule has 6 nitrogen and oxygen atoms in total. The average Bonchev–Trinajstić information content (AvgIpc) is 2.65. The number of ether oxygens (including phenoxy) is 2. The normalized spacial score (nSPS) is 21.4. The molecule has 0 aliphatic carbocycles. The number of carbonyl (C=O) groups is 1. The monoisotopic (exact) mass is 339 g/mol. The van der Waals surface area contributed by atoms with Gasteiger partial charge in [-0.1, -0.05) is 18.2 Å². The summed E-state index contributed by atoms with van der Waals surface area (Å²) in [6, 6.07) is 11.4. The number of benzene rings is 2. The molecule has 0 bridgehead atoms. The van der Waals surface area contributed by atoms with E-state index in [0.717, 1.165) is 29.8 Å². The second kappa shape index (κ2) is 5.97. The minimum atomic E-state index is -0.256. The number of hydrogen-bond acceptors (Lipinski definition) is 5. The van der Waals surface area contributed by atoms with Gasteiger partial charge in [-0.15, -0.1) is 0 Å². The molecule has 6 heteroatoms. The fraction of sp³-hybridized carbons (Fsp3) is 0.316. The Labute approximate surface area is 146 Å². The molecular formula is C19H21N3O3. The van der Waals surface area contributed by atoms with Gasteiger partial charge in [0, 0.05) is 12.6 Å². The Hall–Kier alpha value is -2.73. The van der Waals surface area contributed by atoms with Gasteiger partial charge in [0.25, 0.3) is 5.91 Å². The Morgan fingerprint density at radius 1 is 1.16 bits per heavy atom. The van der Waals surface area contributed by atoms with Crippen LogP contribution in [0.5, 0.6) is 11.5 Å². The summed E-state index contributed by atoms with van der Waals surface area (Å²) in [4.78, 5) is 14.9. The van der Waals surface area contributed by atoms with Gasteiger partial charge in [0.05, 0.1) is 25.5 Å². The van der Waals surface area contributed by atoms with Gasteiger partial charge in [-0.2, -0.15) is 0 Å². The number of nitrogens with zero attached hydrogens (tertiary/aromatic N) is 1. The lowest BCUT2D eigenvalue weighted by atomic mass is 9.90. The molecule has 130 valence electrons. The van der Waals surface area contributed by atoms with Crippen LogP contribution in [0.4, 0.5) is 5.69 Å². The third-order valence-electron chi connectivity index (χ3n) is 4.98. The van der Waals surface area contributed by atoms with Gasteiger partial charge in [-0.25, -0.2) is 0 Å². The van der Waals surface area contributed by atoms with Crippen LogP contribution >= 0.6 is 0 Å². The first-order chi connectivity index (χ1) is 12.1. The Morgan fingerprint density at radius 3 is 2.72 bits per heavy atom. The highest BCUT2D eigenvalue weighted by Gasteiger charge is 2.37. The summed E-state index contributed by atoms with van der Waals surface area (Å²) < 4.78 is 10.7. The van der Waals surface area contributed by atoms with Gasteiger partial charge in [-0.3, -0.25) is 4.79 Å². The van der Waals surface area contributed by atoms with Crippen LogP contribution < -0.4 is 25.4 Å². The van der Waals surface area contributed by atoms with E-state index < -0.39 is 0 Å². The van der Waals surface area contributed by atoms with Crippen molar-refractivity contribution in [2.75, 3.05) is 25.7 Å². The molecular weight excluding hydrogens is 318 g/mol. The second-order valence-corrected chi connectivity index (χ2v) is 6.32. The summed E-state index contributed by atoms with van der Waals surface area (Å²) in [6.07, 6.45) is 0.587. The van der Waals surface area contributed by atoms with Crippen molar-refractivity contribution in [1.82, 2.24) is 5.32 Å². The molecule has 0 fully saturated rings. The molecule has 4 rings (SSSR count). The third kappa shape index (κ3) is 2.41. The first-order valence-electron chi connectivity index (χ1n) is 8.32. The molecule has 2 aromatic rings. The summed E-state index contributed by atoms with van der Waals surface area (Å²) in [5.41, 5.74) is 9.89. The fourth-order valence-corrected chi connectivity index (χ4v) is 3.73. The summed E-state index contributed by atoms with van der Waals surface area (Å²) in [6.45, 7) is 0.782. The highest BCUT2D eigenvalue weighted by atomic mass is 16.5. The van der Waals surface area contributed by atoms with E-state index in [0.29, 0.717) is 17.1 Å². The first-order valence-corrected chi connectivity index (χ1v) is 8.32. The van der Waals surface area contributed by atoms with Gasteiger partial charge in [0.1, 0.15) is 6.17 Å². The van der Waals surface area contributed by atoms with Gasteiger partial charge < -0.3 is 25.4 Å². The number of nitrogens with two attached hydrogens (primary N) is 1. The van der Waals surface area contributed by atoms with Gasteiger partial charge in [-0.05, 0) is 35.7 Å². The largest absolute Gasteiger partial charge is 0.493 e. The second-order valence-electron chi connectivity index (χ2n) is 6.32. The lowest BCUT2D eigenvalue weighted by Crippen LogP contribution is -2.49. The van der Waals surface area contributed by atoms with Gasteiger partial charge in [0.2, 0.25) is 0 Å². The molecule has 3 N–H and O–H groups in total. The van der Waals surface area contributed by atoms with E-state index in [1.165, 1.54) is 0 Å². The van der Waals surface area contributed by atoms with E-state index in [-0.39, 0.29) is 18.1 Å². The smallest absolute Gasteiger partial charge is 0.255 e. The van der Waals surface area contributed by atoms with Crippen LogP contribution in [-0.4, -0.2) is 26.7 Å². The molecule has 0 saturated carbocycles. The van der Waals surface area contributed by atoms with Crippen LogP contribution in [0.25, 0.3) is 0 Å². The van der Waals surface area contributed by atoms with Crippen LogP contribution in [-0.2, 0) is 0 Å². The van der Waals surface area contributed by atoms with Gasteiger partial charge in [0.15, 0.2) is 11.5 Å². The van der Waals surface area contributed by atoms with Crippen molar-refractivity contribution in [3.63, 3.8) is 0 Å². The number of methoxy groups -OCH3 is 2. The summed E-state index contributed by atoms with van der Waals surface area (Å²) in [7, 11) is 3.21.